The molecule has 0 atom stereocenters. The normalized spacial score (nSPS) is 11.4. The van der Waals surface area contributed by atoms with Crippen molar-refractivity contribution < 1.29 is 5.11 Å². The summed E-state index contributed by atoms with van der Waals surface area (Å²) in [5.74, 6) is 1.09. The largest absolute Gasteiger partial charge is 0.507 e. The smallest absolute Gasteiger partial charge is 0.129 e. The minimum absolute atomic E-state index is 0.307. The molecule has 0 heterocycles. The molecule has 1 aromatic rings. The molecule has 0 aliphatic rings. The van der Waals surface area contributed by atoms with Crippen LogP contribution in [0.4, 0.5) is 0 Å². The summed E-state index contributed by atoms with van der Waals surface area (Å²) in [6.45, 7) is 9.90. The number of phenols is 1. The molecular weight excluding hydrogens is 290 g/mol. The lowest BCUT2D eigenvalue weighted by Gasteiger charge is -2.25. The lowest BCUT2D eigenvalue weighted by Crippen LogP contribution is -2.28. The average molecular weight is 314 g/mol. The number of hydrogen-bond donors (Lipinski definition) is 1. The predicted octanol–water partition coefficient (Wildman–Crippen LogP) is 4.41. The van der Waals surface area contributed by atoms with Crippen LogP contribution >= 0.6 is 15.9 Å². The molecule has 0 aliphatic heterocycles. The van der Waals surface area contributed by atoms with E-state index in [4.69, 9.17) is 0 Å². The third kappa shape index (κ3) is 4.62. The van der Waals surface area contributed by atoms with Crippen molar-refractivity contribution in [2.24, 2.45) is 5.92 Å². The molecule has 0 radical (unpaired) electrons. The van der Waals surface area contributed by atoms with Crippen LogP contribution in [0.2, 0.25) is 0 Å². The monoisotopic (exact) mass is 313 g/mol. The van der Waals surface area contributed by atoms with Crippen LogP contribution in [-0.4, -0.2) is 23.1 Å². The van der Waals surface area contributed by atoms with Crippen LogP contribution < -0.4 is 0 Å². The first-order chi connectivity index (χ1) is 8.60. The van der Waals surface area contributed by atoms with Gasteiger partial charge >= 0.3 is 0 Å². The second-order valence-corrected chi connectivity index (χ2v) is 5.65. The van der Waals surface area contributed by atoms with Crippen LogP contribution in [0, 0.1) is 5.92 Å². The molecule has 0 fully saturated rings. The maximum atomic E-state index is 9.50. The number of aromatic hydroxyl groups is 1. The van der Waals surface area contributed by atoms with Gasteiger partial charge < -0.3 is 5.11 Å². The van der Waals surface area contributed by atoms with Gasteiger partial charge in [-0.2, -0.15) is 0 Å². The first kappa shape index (κ1) is 15.5. The fourth-order valence-electron chi connectivity index (χ4n) is 2.12. The Hall–Kier alpha value is -0.540. The Bertz CT molecular complexity index is 364. The van der Waals surface area contributed by atoms with Crippen LogP contribution in [0.25, 0.3) is 0 Å². The van der Waals surface area contributed by atoms with E-state index in [2.05, 4.69) is 41.6 Å². The van der Waals surface area contributed by atoms with Crippen molar-refractivity contribution in [3.05, 3.63) is 28.2 Å². The van der Waals surface area contributed by atoms with Gasteiger partial charge in [0.15, 0.2) is 0 Å². The van der Waals surface area contributed by atoms with E-state index in [1.807, 2.05) is 12.1 Å². The Morgan fingerprint density at radius 2 is 1.89 bits per heavy atom. The summed E-state index contributed by atoms with van der Waals surface area (Å²) in [5.41, 5.74) is 1.24. The molecule has 0 spiro atoms. The van der Waals surface area contributed by atoms with E-state index in [1.54, 1.807) is 6.07 Å². The molecule has 0 saturated heterocycles. The highest BCUT2D eigenvalue weighted by Gasteiger charge is 2.11. The first-order valence-electron chi connectivity index (χ1n) is 6.80. The van der Waals surface area contributed by atoms with E-state index in [0.717, 1.165) is 30.0 Å². The number of hydrogen-bond acceptors (Lipinski definition) is 2. The van der Waals surface area contributed by atoms with Crippen LogP contribution in [0.3, 0.4) is 0 Å². The standard InChI is InChI=1S/C15H24BrNO/c1-4-12(5-2)10-17(6-3)11-13-7-8-15(18)14(16)9-13/h7-9,12,18H,4-6,10-11H2,1-3H3. The van der Waals surface area contributed by atoms with Gasteiger partial charge in [-0.05, 0) is 46.1 Å². The maximum Gasteiger partial charge on any atom is 0.129 e. The number of benzene rings is 1. The quantitative estimate of drug-likeness (QED) is 0.805. The SMILES string of the molecule is CCC(CC)CN(CC)Cc1ccc(O)c(Br)c1. The molecule has 18 heavy (non-hydrogen) atoms. The maximum absolute atomic E-state index is 9.50. The third-order valence-electron chi connectivity index (χ3n) is 3.54. The predicted molar refractivity (Wildman–Crippen MR) is 80.8 cm³/mol. The van der Waals surface area contributed by atoms with E-state index < -0.39 is 0 Å². The zero-order valence-corrected chi connectivity index (χ0v) is 13.2. The van der Waals surface area contributed by atoms with Crippen molar-refractivity contribution in [1.29, 1.82) is 0 Å². The average Bonchev–Trinajstić information content (AvgIpc) is 2.38. The van der Waals surface area contributed by atoms with E-state index >= 15 is 0 Å². The summed E-state index contributed by atoms with van der Waals surface area (Å²) in [5, 5.41) is 9.50. The summed E-state index contributed by atoms with van der Waals surface area (Å²) < 4.78 is 0.776. The molecule has 0 aromatic heterocycles. The molecule has 1 aromatic carbocycles. The number of halogens is 1. The molecule has 0 bridgehead atoms. The summed E-state index contributed by atoms with van der Waals surface area (Å²) in [6.07, 6.45) is 2.48. The van der Waals surface area contributed by atoms with Crippen molar-refractivity contribution in [2.75, 3.05) is 13.1 Å². The van der Waals surface area contributed by atoms with Crippen LogP contribution in [-0.2, 0) is 6.54 Å². The molecule has 0 saturated carbocycles. The van der Waals surface area contributed by atoms with E-state index in [-0.39, 0.29) is 0 Å². The third-order valence-corrected chi connectivity index (χ3v) is 4.17. The zero-order chi connectivity index (χ0) is 13.5. The zero-order valence-electron chi connectivity index (χ0n) is 11.6. The van der Waals surface area contributed by atoms with Gasteiger partial charge in [0, 0.05) is 13.1 Å². The molecule has 0 unspecified atom stereocenters. The molecule has 2 nitrogen and oxygen atoms in total. The second-order valence-electron chi connectivity index (χ2n) is 4.80. The fourth-order valence-corrected chi connectivity index (χ4v) is 2.55. The fraction of sp³-hybridized carbons (Fsp3) is 0.600. The summed E-state index contributed by atoms with van der Waals surface area (Å²) in [6, 6.07) is 5.75. The second kappa shape index (κ2) is 7.80. The lowest BCUT2D eigenvalue weighted by atomic mass is 10.0. The van der Waals surface area contributed by atoms with Gasteiger partial charge in [0.05, 0.1) is 4.47 Å². The Balaban J connectivity index is 2.64. The van der Waals surface area contributed by atoms with Gasteiger partial charge in [-0.25, -0.2) is 0 Å². The van der Waals surface area contributed by atoms with Gasteiger partial charge in [-0.1, -0.05) is 39.7 Å². The summed E-state index contributed by atoms with van der Waals surface area (Å²) in [7, 11) is 0. The lowest BCUT2D eigenvalue weighted by molar-refractivity contribution is 0.226. The van der Waals surface area contributed by atoms with Gasteiger partial charge in [0.1, 0.15) is 5.75 Å². The Labute approximate surface area is 119 Å². The van der Waals surface area contributed by atoms with Gasteiger partial charge in [-0.3, -0.25) is 4.90 Å². The summed E-state index contributed by atoms with van der Waals surface area (Å²) in [4.78, 5) is 2.47. The van der Waals surface area contributed by atoms with Gasteiger partial charge in [-0.15, -0.1) is 0 Å². The van der Waals surface area contributed by atoms with E-state index in [1.165, 1.54) is 18.4 Å². The van der Waals surface area contributed by atoms with E-state index in [0.29, 0.717) is 5.75 Å². The number of phenolic OH excluding ortho intramolecular Hbond substituents is 1. The highest BCUT2D eigenvalue weighted by molar-refractivity contribution is 9.10. The highest BCUT2D eigenvalue weighted by Crippen LogP contribution is 2.25. The van der Waals surface area contributed by atoms with Crippen molar-refractivity contribution in [1.82, 2.24) is 4.90 Å². The molecule has 0 aliphatic carbocycles. The van der Waals surface area contributed by atoms with E-state index in [9.17, 15) is 5.11 Å². The van der Waals surface area contributed by atoms with Crippen molar-refractivity contribution in [3.8, 4) is 5.75 Å². The topological polar surface area (TPSA) is 23.5 Å². The van der Waals surface area contributed by atoms with Crippen molar-refractivity contribution in [3.63, 3.8) is 0 Å². The minimum Gasteiger partial charge on any atom is -0.507 e. The summed E-state index contributed by atoms with van der Waals surface area (Å²) >= 11 is 3.37. The Morgan fingerprint density at radius 1 is 1.22 bits per heavy atom. The van der Waals surface area contributed by atoms with Gasteiger partial charge in [0.2, 0.25) is 0 Å². The molecule has 1 N–H and O–H groups in total. The van der Waals surface area contributed by atoms with Crippen LogP contribution in [0.5, 0.6) is 5.75 Å². The van der Waals surface area contributed by atoms with Crippen molar-refractivity contribution >= 4 is 15.9 Å². The molecule has 1 rings (SSSR count). The van der Waals surface area contributed by atoms with Crippen LogP contribution in [0.1, 0.15) is 39.2 Å². The Kier molecular flexibility index (Phi) is 6.72. The van der Waals surface area contributed by atoms with Crippen LogP contribution in [0.15, 0.2) is 22.7 Å². The minimum atomic E-state index is 0.307. The molecule has 3 heteroatoms. The highest BCUT2D eigenvalue weighted by atomic mass is 79.9. The molecule has 102 valence electrons. The molecule has 0 amide bonds. The molecular formula is C15H24BrNO. The number of rotatable bonds is 7. The Morgan fingerprint density at radius 3 is 2.39 bits per heavy atom. The number of nitrogens with zero attached hydrogens (tertiary/aromatic N) is 1. The first-order valence-corrected chi connectivity index (χ1v) is 7.59. The van der Waals surface area contributed by atoms with Gasteiger partial charge in [0.25, 0.3) is 0 Å². The van der Waals surface area contributed by atoms with Crippen molar-refractivity contribution in [2.45, 2.75) is 40.2 Å².